The van der Waals surface area contributed by atoms with E-state index in [1.807, 2.05) is 0 Å². The number of methoxy groups -OCH3 is 1. The molecule has 0 saturated heterocycles. The van der Waals surface area contributed by atoms with Gasteiger partial charge in [0.2, 0.25) is 0 Å². The van der Waals surface area contributed by atoms with Crippen molar-refractivity contribution in [1.29, 1.82) is 0 Å². The molecule has 1 aromatic carbocycles. The lowest BCUT2D eigenvalue weighted by molar-refractivity contribution is -0.141. The van der Waals surface area contributed by atoms with Gasteiger partial charge in [-0.15, -0.1) is 0 Å². The number of hydrogen-bond acceptors (Lipinski definition) is 3. The van der Waals surface area contributed by atoms with Crippen LogP contribution >= 0.6 is 12.2 Å². The molecule has 17 heavy (non-hydrogen) atoms. The second-order valence-corrected chi connectivity index (χ2v) is 3.74. The molecule has 7 heteroatoms. The van der Waals surface area contributed by atoms with Gasteiger partial charge >= 0.3 is 5.97 Å². The van der Waals surface area contributed by atoms with Crippen LogP contribution in [0.5, 0.6) is 0 Å². The molecule has 0 spiro atoms. The summed E-state index contributed by atoms with van der Waals surface area (Å²) < 4.78 is 32.5. The first kappa shape index (κ1) is 11.7. The Hall–Kier alpha value is -1.76. The minimum Gasteiger partial charge on any atom is -0.468 e. The van der Waals surface area contributed by atoms with Crippen LogP contribution in [0.3, 0.4) is 0 Å². The molecule has 2 rings (SSSR count). The lowest BCUT2D eigenvalue weighted by atomic mass is 10.3. The number of carbonyl (C=O) groups excluding carboxylic acids is 1. The molecule has 0 bridgehead atoms. The number of imidazole rings is 1. The van der Waals surface area contributed by atoms with Crippen molar-refractivity contribution in [3.63, 3.8) is 0 Å². The van der Waals surface area contributed by atoms with Gasteiger partial charge in [-0.3, -0.25) is 4.79 Å². The summed E-state index contributed by atoms with van der Waals surface area (Å²) >= 11 is 4.93. The van der Waals surface area contributed by atoms with E-state index < -0.39 is 17.6 Å². The van der Waals surface area contributed by atoms with Gasteiger partial charge < -0.3 is 14.3 Å². The van der Waals surface area contributed by atoms with Gasteiger partial charge in [0.1, 0.15) is 12.1 Å². The molecule has 0 fully saturated rings. The summed E-state index contributed by atoms with van der Waals surface area (Å²) in [6.45, 7) is -0.268. The fourth-order valence-corrected chi connectivity index (χ4v) is 1.80. The normalized spacial score (nSPS) is 10.8. The van der Waals surface area contributed by atoms with Crippen LogP contribution in [0, 0.1) is 16.4 Å². The summed E-state index contributed by atoms with van der Waals surface area (Å²) in [6, 6.07) is 2.35. The number of H-pyrrole nitrogens is 1. The van der Waals surface area contributed by atoms with Crippen LogP contribution in [0.4, 0.5) is 8.78 Å². The molecular weight excluding hydrogens is 250 g/mol. The highest BCUT2D eigenvalue weighted by Crippen LogP contribution is 2.20. The van der Waals surface area contributed by atoms with Crippen molar-refractivity contribution in [2.45, 2.75) is 6.54 Å². The van der Waals surface area contributed by atoms with Crippen molar-refractivity contribution in [2.75, 3.05) is 7.11 Å². The number of aromatic nitrogens is 2. The van der Waals surface area contributed by atoms with Crippen molar-refractivity contribution in [3.05, 3.63) is 28.5 Å². The van der Waals surface area contributed by atoms with Crippen molar-refractivity contribution < 1.29 is 18.3 Å². The van der Waals surface area contributed by atoms with Gasteiger partial charge in [-0.05, 0) is 24.4 Å². The zero-order chi connectivity index (χ0) is 12.6. The van der Waals surface area contributed by atoms with Gasteiger partial charge in [-0.2, -0.15) is 0 Å². The smallest absolute Gasteiger partial charge is 0.325 e. The fourth-order valence-electron chi connectivity index (χ4n) is 1.53. The van der Waals surface area contributed by atoms with Crippen molar-refractivity contribution in [3.8, 4) is 0 Å². The molecule has 0 aliphatic heterocycles. The number of rotatable bonds is 2. The van der Waals surface area contributed by atoms with Gasteiger partial charge in [0.05, 0.1) is 12.6 Å². The molecule has 1 N–H and O–H groups in total. The topological polar surface area (TPSA) is 47.0 Å². The van der Waals surface area contributed by atoms with Crippen LogP contribution in [-0.2, 0) is 16.1 Å². The maximum absolute atomic E-state index is 13.6. The molecule has 0 amide bonds. The summed E-state index contributed by atoms with van der Waals surface area (Å²) in [7, 11) is 1.21. The summed E-state index contributed by atoms with van der Waals surface area (Å²) in [5, 5.41) is 0. The highest BCUT2D eigenvalue weighted by molar-refractivity contribution is 7.71. The Morgan fingerprint density at radius 1 is 1.53 bits per heavy atom. The molecule has 4 nitrogen and oxygen atoms in total. The van der Waals surface area contributed by atoms with Gasteiger partial charge in [0.25, 0.3) is 0 Å². The highest BCUT2D eigenvalue weighted by atomic mass is 32.1. The van der Waals surface area contributed by atoms with E-state index in [4.69, 9.17) is 12.2 Å². The first-order valence-electron chi connectivity index (χ1n) is 4.68. The summed E-state index contributed by atoms with van der Waals surface area (Å²) in [6.07, 6.45) is 0. The van der Waals surface area contributed by atoms with Crippen molar-refractivity contribution >= 4 is 29.2 Å². The summed E-state index contributed by atoms with van der Waals surface area (Å²) in [5.41, 5.74) is 0.262. The van der Waals surface area contributed by atoms with Crippen LogP contribution in [-0.4, -0.2) is 22.6 Å². The number of fused-ring (bicyclic) bond motifs is 1. The number of aromatic amines is 1. The maximum Gasteiger partial charge on any atom is 0.325 e. The second kappa shape index (κ2) is 4.25. The molecule has 1 aromatic heterocycles. The second-order valence-electron chi connectivity index (χ2n) is 3.35. The van der Waals surface area contributed by atoms with Gasteiger partial charge in [0, 0.05) is 0 Å². The molecule has 0 atom stereocenters. The molecule has 0 aliphatic rings. The third kappa shape index (κ3) is 1.93. The molecule has 0 radical (unpaired) electrons. The van der Waals surface area contributed by atoms with Crippen LogP contribution in [0.25, 0.3) is 11.0 Å². The van der Waals surface area contributed by atoms with Gasteiger partial charge in [0.15, 0.2) is 16.4 Å². The molecule has 0 unspecified atom stereocenters. The first-order valence-corrected chi connectivity index (χ1v) is 5.08. The van der Waals surface area contributed by atoms with Gasteiger partial charge in [-0.1, -0.05) is 0 Å². The van der Waals surface area contributed by atoms with E-state index in [1.165, 1.54) is 13.2 Å². The van der Waals surface area contributed by atoms with E-state index >= 15 is 0 Å². The minimum absolute atomic E-state index is 0.0691. The molecule has 2 aromatic rings. The van der Waals surface area contributed by atoms with E-state index in [2.05, 4.69) is 9.72 Å². The number of hydrogen-bond donors (Lipinski definition) is 1. The lowest BCUT2D eigenvalue weighted by Gasteiger charge is -2.03. The quantitative estimate of drug-likeness (QED) is 0.663. The summed E-state index contributed by atoms with van der Waals surface area (Å²) in [4.78, 5) is 13.8. The third-order valence-corrected chi connectivity index (χ3v) is 2.66. The Kier molecular flexibility index (Phi) is 2.93. The zero-order valence-electron chi connectivity index (χ0n) is 8.79. The molecular formula is C10H8F2N2O2S. The molecule has 90 valence electrons. The van der Waals surface area contributed by atoms with E-state index in [0.717, 1.165) is 10.6 Å². The predicted molar refractivity (Wildman–Crippen MR) is 59.1 cm³/mol. The van der Waals surface area contributed by atoms with E-state index in [9.17, 15) is 13.6 Å². The number of nitrogens with one attached hydrogen (secondary N) is 1. The SMILES string of the molecule is COC(=O)Cn1c(=S)[nH]c2ccc(F)c(F)c21. The Balaban J connectivity index is 2.69. The minimum atomic E-state index is -1.04. The standard InChI is InChI=1S/C10H8F2N2O2S/c1-16-7(15)4-14-9-6(13-10(14)17)3-2-5(11)8(9)12/h2-3H,4H2,1H3,(H,13,17). The number of esters is 1. The Labute approximate surface area is 99.8 Å². The van der Waals surface area contributed by atoms with Gasteiger partial charge in [-0.25, -0.2) is 8.78 Å². The van der Waals surface area contributed by atoms with E-state index in [-0.39, 0.29) is 16.8 Å². The largest absolute Gasteiger partial charge is 0.468 e. The molecule has 0 saturated carbocycles. The third-order valence-electron chi connectivity index (χ3n) is 2.34. The number of halogens is 2. The predicted octanol–water partition coefficient (Wildman–Crippen LogP) is 2.15. The summed E-state index contributed by atoms with van der Waals surface area (Å²) in [5.74, 6) is -2.63. The van der Waals surface area contributed by atoms with Crippen LogP contribution in [0.15, 0.2) is 12.1 Å². The molecule has 0 aliphatic carbocycles. The van der Waals surface area contributed by atoms with Crippen LogP contribution < -0.4 is 0 Å². The zero-order valence-corrected chi connectivity index (χ0v) is 9.61. The fraction of sp³-hybridized carbons (Fsp3) is 0.200. The van der Waals surface area contributed by atoms with Crippen LogP contribution in [0.1, 0.15) is 0 Å². The van der Waals surface area contributed by atoms with E-state index in [0.29, 0.717) is 5.52 Å². The van der Waals surface area contributed by atoms with Crippen molar-refractivity contribution in [1.82, 2.24) is 9.55 Å². The van der Waals surface area contributed by atoms with Crippen molar-refractivity contribution in [2.24, 2.45) is 0 Å². The number of carbonyl (C=O) groups is 1. The first-order chi connectivity index (χ1) is 8.04. The van der Waals surface area contributed by atoms with E-state index in [1.54, 1.807) is 0 Å². The average molecular weight is 258 g/mol. The lowest BCUT2D eigenvalue weighted by Crippen LogP contribution is -2.12. The Bertz CT molecular complexity index is 648. The Morgan fingerprint density at radius 2 is 2.24 bits per heavy atom. The average Bonchev–Trinajstić information content (AvgIpc) is 2.61. The Morgan fingerprint density at radius 3 is 2.88 bits per heavy atom. The number of benzene rings is 1. The highest BCUT2D eigenvalue weighted by Gasteiger charge is 2.15. The monoisotopic (exact) mass is 258 g/mol. The number of nitrogens with zero attached hydrogens (tertiary/aromatic N) is 1. The van der Waals surface area contributed by atoms with Crippen LogP contribution in [0.2, 0.25) is 0 Å². The maximum atomic E-state index is 13.6. The number of ether oxygens (including phenoxy) is 1. The molecule has 1 heterocycles.